The molecule has 0 bridgehead atoms. The molecule has 14 heteroatoms. The lowest BCUT2D eigenvalue weighted by Gasteiger charge is -2.26. The lowest BCUT2D eigenvalue weighted by molar-refractivity contribution is 0.0935. The van der Waals surface area contributed by atoms with Crippen molar-refractivity contribution in [2.75, 3.05) is 42.1 Å². The normalized spacial score (nSPS) is 13.4. The van der Waals surface area contributed by atoms with Gasteiger partial charge in [0.2, 0.25) is 0 Å². The van der Waals surface area contributed by atoms with Crippen molar-refractivity contribution in [1.29, 1.82) is 0 Å². The summed E-state index contributed by atoms with van der Waals surface area (Å²) >= 11 is 7.78. The van der Waals surface area contributed by atoms with Crippen LogP contribution in [0, 0.1) is 0 Å². The molecule has 5 heterocycles. The third-order valence-electron chi connectivity index (χ3n) is 8.75. The van der Waals surface area contributed by atoms with Crippen LogP contribution in [0.4, 0.5) is 17.1 Å². The number of amides is 4. The van der Waals surface area contributed by atoms with Crippen LogP contribution in [0.3, 0.4) is 0 Å². The smallest absolute Gasteiger partial charge is 0.272 e. The van der Waals surface area contributed by atoms with Gasteiger partial charge in [-0.2, -0.15) is 0 Å². The van der Waals surface area contributed by atoms with Crippen molar-refractivity contribution >= 4 is 73.7 Å². The van der Waals surface area contributed by atoms with Gasteiger partial charge >= 0.3 is 0 Å². The van der Waals surface area contributed by atoms with Gasteiger partial charge in [-0.1, -0.05) is 43.1 Å². The summed E-state index contributed by atoms with van der Waals surface area (Å²) in [6, 6.07) is 12.4. The topological polar surface area (TPSA) is 134 Å². The summed E-state index contributed by atoms with van der Waals surface area (Å²) in [5.41, 5.74) is 2.48. The predicted octanol–water partition coefficient (Wildman–Crippen LogP) is 6.42. The maximum atomic E-state index is 13.3. The Bertz CT molecular complexity index is 2050. The van der Waals surface area contributed by atoms with Crippen LogP contribution in [-0.2, 0) is 20.6 Å². The van der Waals surface area contributed by atoms with Gasteiger partial charge in [-0.25, -0.2) is 0 Å². The van der Waals surface area contributed by atoms with Gasteiger partial charge in [0.05, 0.1) is 22.1 Å². The van der Waals surface area contributed by atoms with Gasteiger partial charge in [-0.05, 0) is 56.6 Å². The molecule has 1 aliphatic rings. The highest BCUT2D eigenvalue weighted by Gasteiger charge is 2.21. The lowest BCUT2D eigenvalue weighted by atomic mass is 10.1. The van der Waals surface area contributed by atoms with E-state index >= 15 is 0 Å². The number of aryl methyl sites for hydroxylation is 3. The van der Waals surface area contributed by atoms with Crippen LogP contribution in [0.25, 0.3) is 10.1 Å². The quantitative estimate of drug-likeness (QED) is 0.118. The van der Waals surface area contributed by atoms with E-state index in [9.17, 15) is 19.2 Å². The summed E-state index contributed by atoms with van der Waals surface area (Å²) < 4.78 is 5.99. The van der Waals surface area contributed by atoms with E-state index in [-0.39, 0.29) is 17.7 Å². The van der Waals surface area contributed by atoms with Crippen molar-refractivity contribution in [3.05, 3.63) is 88.0 Å². The largest absolute Gasteiger partial charge is 0.349 e. The molecular formula is C36H41ClN8O4S. The molecule has 0 aliphatic carbocycles. The summed E-state index contributed by atoms with van der Waals surface area (Å²) in [4.78, 5) is 55.5. The Morgan fingerprint density at radius 2 is 1.32 bits per heavy atom. The highest BCUT2D eigenvalue weighted by atomic mass is 35.5. The molecule has 50 heavy (non-hydrogen) atoms. The molecular weight excluding hydrogens is 676 g/mol. The van der Waals surface area contributed by atoms with Crippen molar-refractivity contribution in [2.24, 2.45) is 14.1 Å². The average Bonchev–Trinajstić information content (AvgIpc) is 3.86. The van der Waals surface area contributed by atoms with Gasteiger partial charge in [0, 0.05) is 62.4 Å². The summed E-state index contributed by atoms with van der Waals surface area (Å²) in [5, 5.41) is 12.8. The second-order valence-electron chi connectivity index (χ2n) is 12.5. The molecule has 5 aromatic rings. The number of hydrogen-bond acceptors (Lipinski definition) is 6. The minimum absolute atomic E-state index is 0.174. The molecule has 0 unspecified atom stereocenters. The zero-order chi connectivity index (χ0) is 35.4. The number of piperidine rings is 1. The number of hydrogen-bond donors (Lipinski definition) is 4. The molecule has 1 aliphatic heterocycles. The van der Waals surface area contributed by atoms with E-state index in [4.69, 9.17) is 11.6 Å². The third-order valence-corrected chi connectivity index (χ3v) is 10.4. The number of likely N-dealkylation sites (tertiary alicyclic amines) is 1. The third kappa shape index (κ3) is 7.80. The van der Waals surface area contributed by atoms with E-state index < -0.39 is 5.91 Å². The maximum Gasteiger partial charge on any atom is 0.272 e. The van der Waals surface area contributed by atoms with Crippen LogP contribution >= 0.6 is 22.9 Å². The minimum atomic E-state index is -0.418. The number of thiophene rings is 1. The Balaban J connectivity index is 1.07. The monoisotopic (exact) mass is 716 g/mol. The SMILES string of the molecule is CCCn1cc(NC(=O)c2cc(NC(=O)c3cc(NC(=O)c4sc5ccccc5c4Cl)cn3C)cn2C)cc1C(=O)NCCN1CCCCC1. The highest BCUT2D eigenvalue weighted by molar-refractivity contribution is 7.21. The number of halogens is 1. The fourth-order valence-corrected chi connectivity index (χ4v) is 7.66. The first kappa shape index (κ1) is 35.0. The molecule has 0 atom stereocenters. The van der Waals surface area contributed by atoms with Gasteiger partial charge in [-0.15, -0.1) is 11.3 Å². The molecule has 1 fully saturated rings. The molecule has 0 saturated carbocycles. The summed E-state index contributed by atoms with van der Waals surface area (Å²) in [5.74, 6) is -1.34. The molecule has 12 nitrogen and oxygen atoms in total. The van der Waals surface area contributed by atoms with Gasteiger partial charge in [0.1, 0.15) is 22.0 Å². The van der Waals surface area contributed by atoms with E-state index in [1.807, 2.05) is 35.8 Å². The number of carbonyl (C=O) groups excluding carboxylic acids is 4. The lowest BCUT2D eigenvalue weighted by Crippen LogP contribution is -2.38. The number of benzene rings is 1. The molecule has 1 aromatic carbocycles. The minimum Gasteiger partial charge on any atom is -0.349 e. The number of anilines is 3. The van der Waals surface area contributed by atoms with Crippen LogP contribution in [0.2, 0.25) is 5.02 Å². The van der Waals surface area contributed by atoms with Crippen LogP contribution in [0.1, 0.15) is 73.7 Å². The van der Waals surface area contributed by atoms with E-state index in [1.54, 1.807) is 60.0 Å². The van der Waals surface area contributed by atoms with Crippen LogP contribution in [-0.4, -0.2) is 68.4 Å². The molecule has 0 radical (unpaired) electrons. The summed E-state index contributed by atoms with van der Waals surface area (Å²) in [6.45, 7) is 6.19. The molecule has 262 valence electrons. The molecule has 4 amide bonds. The highest BCUT2D eigenvalue weighted by Crippen LogP contribution is 2.35. The van der Waals surface area contributed by atoms with Crippen molar-refractivity contribution in [2.45, 2.75) is 39.2 Å². The average molecular weight is 717 g/mol. The fourth-order valence-electron chi connectivity index (χ4n) is 6.25. The number of aromatic nitrogens is 3. The zero-order valence-corrected chi connectivity index (χ0v) is 29.9. The Labute approximate surface area is 299 Å². The predicted molar refractivity (Wildman–Crippen MR) is 199 cm³/mol. The van der Waals surface area contributed by atoms with Gasteiger partial charge < -0.3 is 39.9 Å². The molecule has 4 aromatic heterocycles. The maximum absolute atomic E-state index is 13.3. The second-order valence-corrected chi connectivity index (χ2v) is 13.9. The Kier molecular flexibility index (Phi) is 10.8. The first-order chi connectivity index (χ1) is 24.1. The summed E-state index contributed by atoms with van der Waals surface area (Å²) in [7, 11) is 3.41. The van der Waals surface area contributed by atoms with Crippen LogP contribution in [0.15, 0.2) is 61.1 Å². The standard InChI is InChI=1S/C36H41ClN8O4S/c1-4-13-45-22-25(19-29(45)33(46)38-12-16-44-14-8-5-9-15-44)40-35(48)27-17-23(20-42(27)2)39-34(47)28-18-24(21-43(28)3)41-36(49)32-31(37)26-10-6-7-11-30(26)50-32/h6-7,10-11,17-22H,4-5,8-9,12-16H2,1-3H3,(H,38,46)(H,39,47)(H,40,48)(H,41,49). The van der Waals surface area contributed by atoms with Crippen molar-refractivity contribution in [3.8, 4) is 0 Å². The fraction of sp³-hybridized carbons (Fsp3) is 0.333. The van der Waals surface area contributed by atoms with Gasteiger partial charge in [0.25, 0.3) is 23.6 Å². The van der Waals surface area contributed by atoms with E-state index in [0.29, 0.717) is 57.1 Å². The van der Waals surface area contributed by atoms with Crippen molar-refractivity contribution < 1.29 is 19.2 Å². The summed E-state index contributed by atoms with van der Waals surface area (Å²) in [6.07, 6.45) is 9.55. The number of rotatable bonds is 12. The van der Waals surface area contributed by atoms with E-state index in [1.165, 1.54) is 30.6 Å². The molecule has 4 N–H and O–H groups in total. The molecule has 1 saturated heterocycles. The van der Waals surface area contributed by atoms with E-state index in [0.717, 1.165) is 36.1 Å². The van der Waals surface area contributed by atoms with Crippen molar-refractivity contribution in [1.82, 2.24) is 23.9 Å². The van der Waals surface area contributed by atoms with Crippen LogP contribution in [0.5, 0.6) is 0 Å². The Hall–Kier alpha value is -4.85. The van der Waals surface area contributed by atoms with Gasteiger partial charge in [0.15, 0.2) is 0 Å². The number of nitrogens with one attached hydrogen (secondary N) is 4. The second kappa shape index (κ2) is 15.4. The molecule has 0 spiro atoms. The Morgan fingerprint density at radius 3 is 1.94 bits per heavy atom. The number of nitrogens with zero attached hydrogens (tertiary/aromatic N) is 4. The first-order valence-electron chi connectivity index (χ1n) is 16.8. The zero-order valence-electron chi connectivity index (χ0n) is 28.3. The number of fused-ring (bicyclic) bond motifs is 1. The number of carbonyl (C=O) groups is 4. The van der Waals surface area contributed by atoms with Gasteiger partial charge in [-0.3, -0.25) is 19.2 Å². The first-order valence-corrected chi connectivity index (χ1v) is 17.9. The van der Waals surface area contributed by atoms with E-state index in [2.05, 4.69) is 26.2 Å². The molecule has 6 rings (SSSR count). The van der Waals surface area contributed by atoms with Crippen LogP contribution < -0.4 is 21.3 Å². The van der Waals surface area contributed by atoms with Crippen molar-refractivity contribution in [3.63, 3.8) is 0 Å². The Morgan fingerprint density at radius 1 is 0.740 bits per heavy atom.